The van der Waals surface area contributed by atoms with Gasteiger partial charge in [-0.2, -0.15) is 4.31 Å². The smallest absolute Gasteiger partial charge is 0.304 e. The average molecular weight is 538 g/mol. The number of carboxylic acid groups (broad SMARTS) is 1. The number of ether oxygens (including phenoxy) is 2. The second-order valence-corrected chi connectivity index (χ2v) is 11.0. The number of carboxylic acids is 1. The minimum absolute atomic E-state index is 0.0272. The van der Waals surface area contributed by atoms with Crippen molar-refractivity contribution in [3.05, 3.63) is 70.9 Å². The maximum atomic E-state index is 13.4. The molecule has 5 rings (SSSR count). The molecule has 0 saturated carbocycles. The number of aliphatic carboxylic acids is 1. The Labute approximate surface area is 219 Å². The van der Waals surface area contributed by atoms with Gasteiger partial charge in [0.05, 0.1) is 13.5 Å². The summed E-state index contributed by atoms with van der Waals surface area (Å²) >= 11 is 0. The van der Waals surface area contributed by atoms with E-state index in [9.17, 15) is 18.3 Å². The van der Waals surface area contributed by atoms with Gasteiger partial charge in [0.2, 0.25) is 15.9 Å². The number of fused-ring (bicyclic) bond motifs is 2. The van der Waals surface area contributed by atoms with Crippen LogP contribution in [-0.4, -0.2) is 64.0 Å². The van der Waals surface area contributed by atoms with Crippen LogP contribution in [0.5, 0.6) is 11.6 Å². The summed E-state index contributed by atoms with van der Waals surface area (Å²) in [5.74, 6) is -0.862. The predicted octanol–water partition coefficient (Wildman–Crippen LogP) is 2.87. The highest BCUT2D eigenvalue weighted by Crippen LogP contribution is 2.36. The summed E-state index contributed by atoms with van der Waals surface area (Å²) in [7, 11) is -0.551. The molecule has 2 aromatic heterocycles. The molecule has 0 spiro atoms. The summed E-state index contributed by atoms with van der Waals surface area (Å²) in [6.07, 6.45) is 1.32. The number of pyridine rings is 1. The number of carbonyl (C=O) groups is 1. The summed E-state index contributed by atoms with van der Waals surface area (Å²) in [5, 5.41) is 18.0. The Balaban J connectivity index is 1.55. The fourth-order valence-electron chi connectivity index (χ4n) is 4.75. The first-order chi connectivity index (χ1) is 18.2. The van der Waals surface area contributed by atoms with Gasteiger partial charge in [-0.05, 0) is 53.4 Å². The molecule has 3 heterocycles. The standard InChI is InChI=1S/C26H27N5O6S/c1-16-6-7-17(11-19(16)15-31-9-10-37-26-23(38(31,34)35)5-4-8-27-26)20(14-24(32)33)18-12-21-25(22(13-18)36-3)30(2)29-28-21/h4-8,11-13,20H,9-10,14-15H2,1-3H3,(H,32,33). The summed E-state index contributed by atoms with van der Waals surface area (Å²) < 4.78 is 41.0. The van der Waals surface area contributed by atoms with Crippen LogP contribution in [0.2, 0.25) is 0 Å². The number of rotatable bonds is 7. The first-order valence-electron chi connectivity index (χ1n) is 12.0. The molecule has 4 aromatic rings. The molecule has 11 nitrogen and oxygen atoms in total. The van der Waals surface area contributed by atoms with Crippen molar-refractivity contribution in [2.75, 3.05) is 20.3 Å². The Hall–Kier alpha value is -4.03. The number of hydrogen-bond donors (Lipinski definition) is 1. The molecular weight excluding hydrogens is 510 g/mol. The Bertz CT molecular complexity index is 1630. The lowest BCUT2D eigenvalue weighted by molar-refractivity contribution is -0.137. The second-order valence-electron chi connectivity index (χ2n) is 9.13. The number of nitrogens with zero attached hydrogens (tertiary/aromatic N) is 5. The molecule has 1 aliphatic rings. The lowest BCUT2D eigenvalue weighted by Gasteiger charge is -2.23. The zero-order chi connectivity index (χ0) is 27.0. The van der Waals surface area contributed by atoms with Crippen LogP contribution >= 0.6 is 0 Å². The molecule has 1 unspecified atom stereocenters. The van der Waals surface area contributed by atoms with Crippen molar-refractivity contribution in [3.63, 3.8) is 0 Å². The zero-order valence-corrected chi connectivity index (χ0v) is 22.0. The van der Waals surface area contributed by atoms with Gasteiger partial charge < -0.3 is 14.6 Å². The Morgan fingerprint density at radius 2 is 2.03 bits per heavy atom. The van der Waals surface area contributed by atoms with Gasteiger partial charge in [-0.15, -0.1) is 5.10 Å². The molecular formula is C26H27N5O6S. The van der Waals surface area contributed by atoms with Gasteiger partial charge in [0, 0.05) is 32.3 Å². The lowest BCUT2D eigenvalue weighted by atomic mass is 9.86. The lowest BCUT2D eigenvalue weighted by Crippen LogP contribution is -2.32. The van der Waals surface area contributed by atoms with E-state index in [1.54, 1.807) is 31.0 Å². The third-order valence-corrected chi connectivity index (χ3v) is 8.60. The minimum atomic E-state index is -3.85. The number of aryl methyl sites for hydroxylation is 2. The molecule has 0 amide bonds. The van der Waals surface area contributed by atoms with Crippen LogP contribution in [-0.2, 0) is 28.4 Å². The first kappa shape index (κ1) is 25.6. The highest BCUT2D eigenvalue weighted by Gasteiger charge is 2.32. The van der Waals surface area contributed by atoms with E-state index < -0.39 is 21.9 Å². The van der Waals surface area contributed by atoms with Crippen LogP contribution in [0, 0.1) is 6.92 Å². The van der Waals surface area contributed by atoms with E-state index in [1.165, 1.54) is 16.6 Å². The summed E-state index contributed by atoms with van der Waals surface area (Å²) in [6.45, 7) is 2.32. The fraction of sp³-hybridized carbons (Fsp3) is 0.308. The summed E-state index contributed by atoms with van der Waals surface area (Å²) in [4.78, 5) is 16.0. The Morgan fingerprint density at radius 1 is 1.21 bits per heavy atom. The SMILES string of the molecule is COc1cc(C(CC(=O)O)c2ccc(C)c(CN3CCOc4ncccc4S3(=O)=O)c2)cc2nnn(C)c12. The van der Waals surface area contributed by atoms with Crippen LogP contribution < -0.4 is 9.47 Å². The van der Waals surface area contributed by atoms with E-state index in [-0.39, 0.29) is 36.9 Å². The van der Waals surface area contributed by atoms with E-state index in [4.69, 9.17) is 9.47 Å². The number of aromatic nitrogens is 4. The number of methoxy groups -OCH3 is 1. The maximum Gasteiger partial charge on any atom is 0.304 e. The molecule has 0 aliphatic carbocycles. The van der Waals surface area contributed by atoms with Crippen molar-refractivity contribution < 1.29 is 27.8 Å². The first-order valence-corrected chi connectivity index (χ1v) is 13.4. The van der Waals surface area contributed by atoms with Gasteiger partial charge in [-0.25, -0.2) is 18.1 Å². The molecule has 1 aliphatic heterocycles. The zero-order valence-electron chi connectivity index (χ0n) is 21.2. The Kier molecular flexibility index (Phi) is 6.76. The van der Waals surface area contributed by atoms with Crippen LogP contribution in [0.25, 0.3) is 11.0 Å². The molecule has 0 radical (unpaired) electrons. The highest BCUT2D eigenvalue weighted by atomic mass is 32.2. The predicted molar refractivity (Wildman–Crippen MR) is 138 cm³/mol. The molecule has 1 N–H and O–H groups in total. The van der Waals surface area contributed by atoms with Crippen molar-refractivity contribution in [1.82, 2.24) is 24.3 Å². The largest absolute Gasteiger partial charge is 0.494 e. The molecule has 2 aromatic carbocycles. The van der Waals surface area contributed by atoms with E-state index >= 15 is 0 Å². The van der Waals surface area contributed by atoms with Crippen LogP contribution in [0.15, 0.2) is 53.6 Å². The van der Waals surface area contributed by atoms with Crippen molar-refractivity contribution >= 4 is 27.0 Å². The van der Waals surface area contributed by atoms with E-state index in [0.29, 0.717) is 22.3 Å². The topological polar surface area (TPSA) is 137 Å². The van der Waals surface area contributed by atoms with Gasteiger partial charge in [0.25, 0.3) is 0 Å². The molecule has 0 bridgehead atoms. The monoisotopic (exact) mass is 537 g/mol. The molecule has 0 fully saturated rings. The molecule has 38 heavy (non-hydrogen) atoms. The highest BCUT2D eigenvalue weighted by molar-refractivity contribution is 7.89. The summed E-state index contributed by atoms with van der Waals surface area (Å²) in [5.41, 5.74) is 4.40. The van der Waals surface area contributed by atoms with Crippen molar-refractivity contribution in [2.45, 2.75) is 30.7 Å². The average Bonchev–Trinajstić information content (AvgIpc) is 3.22. The normalized spacial score (nSPS) is 15.9. The van der Waals surface area contributed by atoms with Gasteiger partial charge >= 0.3 is 5.97 Å². The molecule has 12 heteroatoms. The number of hydrogen-bond acceptors (Lipinski definition) is 8. The van der Waals surface area contributed by atoms with Gasteiger partial charge in [-0.3, -0.25) is 4.79 Å². The quantitative estimate of drug-likeness (QED) is 0.377. The number of sulfonamides is 1. The fourth-order valence-corrected chi connectivity index (χ4v) is 6.24. The van der Waals surface area contributed by atoms with Crippen LogP contribution in [0.1, 0.15) is 34.6 Å². The Morgan fingerprint density at radius 3 is 2.79 bits per heavy atom. The van der Waals surface area contributed by atoms with Crippen molar-refractivity contribution in [1.29, 1.82) is 0 Å². The van der Waals surface area contributed by atoms with Gasteiger partial charge in [0.1, 0.15) is 28.3 Å². The minimum Gasteiger partial charge on any atom is -0.494 e. The molecule has 1 atom stereocenters. The van der Waals surface area contributed by atoms with Gasteiger partial charge in [-0.1, -0.05) is 23.4 Å². The summed E-state index contributed by atoms with van der Waals surface area (Å²) in [6, 6.07) is 12.3. The second kappa shape index (κ2) is 10.0. The van der Waals surface area contributed by atoms with Crippen molar-refractivity contribution in [2.24, 2.45) is 7.05 Å². The third-order valence-electron chi connectivity index (χ3n) is 6.74. The van der Waals surface area contributed by atoms with Crippen LogP contribution in [0.4, 0.5) is 0 Å². The van der Waals surface area contributed by atoms with E-state index in [2.05, 4.69) is 15.3 Å². The maximum absolute atomic E-state index is 13.4. The van der Waals surface area contributed by atoms with E-state index in [0.717, 1.165) is 16.7 Å². The molecule has 198 valence electrons. The van der Waals surface area contributed by atoms with Gasteiger partial charge in [0.15, 0.2) is 0 Å². The van der Waals surface area contributed by atoms with Crippen molar-refractivity contribution in [3.8, 4) is 11.6 Å². The van der Waals surface area contributed by atoms with E-state index in [1.807, 2.05) is 31.2 Å². The number of benzene rings is 2. The van der Waals surface area contributed by atoms with Crippen LogP contribution in [0.3, 0.4) is 0 Å². The molecule has 0 saturated heterocycles. The third kappa shape index (κ3) is 4.68.